The van der Waals surface area contributed by atoms with Crippen molar-refractivity contribution in [2.24, 2.45) is 0 Å². The minimum Gasteiger partial charge on any atom is -0.507 e. The Labute approximate surface area is 200 Å². The lowest BCUT2D eigenvalue weighted by Gasteiger charge is -2.25. The third-order valence-corrected chi connectivity index (χ3v) is 6.09. The second-order valence-electron chi connectivity index (χ2n) is 7.75. The lowest BCUT2D eigenvalue weighted by Crippen LogP contribution is -2.29. The number of hydrogen-bond donors (Lipinski definition) is 1. The summed E-state index contributed by atoms with van der Waals surface area (Å²) in [6.45, 7) is 4.44. The summed E-state index contributed by atoms with van der Waals surface area (Å²) >= 11 is 3.43. The molecule has 1 amide bonds. The summed E-state index contributed by atoms with van der Waals surface area (Å²) in [4.78, 5) is 31.9. The predicted molar refractivity (Wildman–Crippen MR) is 129 cm³/mol. The number of halogens is 1. The molecule has 1 aromatic heterocycles. The number of aliphatic hydroxyl groups excluding tert-OH is 1. The topological polar surface area (TPSA) is 79.7 Å². The molecular weight excluding hydrogens is 484 g/mol. The normalized spacial score (nSPS) is 17.4. The number of aryl methyl sites for hydroxylation is 1. The van der Waals surface area contributed by atoms with E-state index in [-0.39, 0.29) is 17.9 Å². The first-order valence-corrected chi connectivity index (χ1v) is 11.4. The lowest BCUT2D eigenvalue weighted by molar-refractivity contribution is -0.140. The number of likely N-dealkylation sites (tertiary alicyclic amines) is 1. The molecule has 33 heavy (non-hydrogen) atoms. The van der Waals surface area contributed by atoms with Crippen LogP contribution in [0.25, 0.3) is 5.76 Å². The van der Waals surface area contributed by atoms with E-state index >= 15 is 0 Å². The third kappa shape index (κ3) is 4.54. The van der Waals surface area contributed by atoms with Crippen molar-refractivity contribution in [1.29, 1.82) is 0 Å². The fourth-order valence-electron chi connectivity index (χ4n) is 4.03. The predicted octanol–water partition coefficient (Wildman–Crippen LogP) is 5.17. The lowest BCUT2D eigenvalue weighted by atomic mass is 9.94. The molecule has 1 aliphatic rings. The fraction of sp³-hybridized carbons (Fsp3) is 0.192. The van der Waals surface area contributed by atoms with E-state index in [9.17, 15) is 14.7 Å². The van der Waals surface area contributed by atoms with Crippen LogP contribution in [0.15, 0.2) is 77.0 Å². The van der Waals surface area contributed by atoms with Gasteiger partial charge in [-0.15, -0.1) is 0 Å². The van der Waals surface area contributed by atoms with Crippen molar-refractivity contribution in [3.05, 3.63) is 99.3 Å². The number of rotatable bonds is 6. The van der Waals surface area contributed by atoms with Gasteiger partial charge in [0, 0.05) is 29.0 Å². The Balaban J connectivity index is 1.85. The van der Waals surface area contributed by atoms with E-state index < -0.39 is 17.7 Å². The molecule has 2 aromatic carbocycles. The van der Waals surface area contributed by atoms with Crippen molar-refractivity contribution in [1.82, 2.24) is 9.88 Å². The minimum absolute atomic E-state index is 0.0680. The number of Topliss-reactive ketones (excluding diaryl/α,β-unsaturated/α-hetero) is 1. The number of pyridine rings is 1. The maximum Gasteiger partial charge on any atom is 0.295 e. The highest BCUT2D eigenvalue weighted by Crippen LogP contribution is 2.41. The van der Waals surface area contributed by atoms with E-state index in [0.717, 1.165) is 21.2 Å². The van der Waals surface area contributed by atoms with Crippen molar-refractivity contribution in [2.45, 2.75) is 26.4 Å². The van der Waals surface area contributed by atoms with Crippen LogP contribution in [0, 0.1) is 6.92 Å². The molecule has 4 rings (SSSR count). The van der Waals surface area contributed by atoms with Gasteiger partial charge in [0.1, 0.15) is 11.5 Å². The van der Waals surface area contributed by atoms with Gasteiger partial charge in [0.05, 0.1) is 18.2 Å². The third-order valence-electron chi connectivity index (χ3n) is 5.57. The maximum atomic E-state index is 13.2. The molecule has 3 aromatic rings. The van der Waals surface area contributed by atoms with Gasteiger partial charge >= 0.3 is 0 Å². The van der Waals surface area contributed by atoms with Crippen LogP contribution in [-0.4, -0.2) is 33.3 Å². The summed E-state index contributed by atoms with van der Waals surface area (Å²) < 4.78 is 6.41. The molecule has 2 heterocycles. The molecule has 1 fully saturated rings. The van der Waals surface area contributed by atoms with Gasteiger partial charge in [-0.05, 0) is 66.9 Å². The summed E-state index contributed by atoms with van der Waals surface area (Å²) in [5, 5.41) is 11.3. The Morgan fingerprint density at radius 1 is 1.15 bits per heavy atom. The van der Waals surface area contributed by atoms with E-state index in [0.29, 0.717) is 17.9 Å². The highest BCUT2D eigenvalue weighted by Gasteiger charge is 2.46. The number of ketones is 1. The first-order chi connectivity index (χ1) is 15.9. The second kappa shape index (κ2) is 9.58. The van der Waals surface area contributed by atoms with Crippen LogP contribution in [0.3, 0.4) is 0 Å². The van der Waals surface area contributed by atoms with Crippen LogP contribution in [0.5, 0.6) is 5.75 Å². The monoisotopic (exact) mass is 506 g/mol. The smallest absolute Gasteiger partial charge is 0.295 e. The molecule has 6 nitrogen and oxygen atoms in total. The zero-order valence-electron chi connectivity index (χ0n) is 18.3. The van der Waals surface area contributed by atoms with Gasteiger partial charge in [-0.1, -0.05) is 34.1 Å². The van der Waals surface area contributed by atoms with Crippen molar-refractivity contribution in [2.75, 3.05) is 6.61 Å². The average Bonchev–Trinajstić information content (AvgIpc) is 3.05. The summed E-state index contributed by atoms with van der Waals surface area (Å²) in [5.74, 6) is -0.891. The highest BCUT2D eigenvalue weighted by atomic mass is 79.9. The average molecular weight is 507 g/mol. The van der Waals surface area contributed by atoms with Crippen LogP contribution >= 0.6 is 15.9 Å². The van der Waals surface area contributed by atoms with E-state index in [4.69, 9.17) is 4.74 Å². The Hall–Kier alpha value is -3.45. The molecule has 1 saturated heterocycles. The number of benzene rings is 2. The van der Waals surface area contributed by atoms with Gasteiger partial charge in [-0.2, -0.15) is 0 Å². The quantitative estimate of drug-likeness (QED) is 0.283. The minimum atomic E-state index is -0.732. The molecule has 0 aliphatic carbocycles. The molecule has 1 unspecified atom stereocenters. The summed E-state index contributed by atoms with van der Waals surface area (Å²) in [6, 6.07) is 15.5. The van der Waals surface area contributed by atoms with Gasteiger partial charge in [0.2, 0.25) is 0 Å². The number of ether oxygens (including phenoxy) is 1. The van der Waals surface area contributed by atoms with Crippen LogP contribution in [0.1, 0.15) is 35.2 Å². The van der Waals surface area contributed by atoms with Gasteiger partial charge in [0.25, 0.3) is 11.7 Å². The number of amides is 1. The van der Waals surface area contributed by atoms with Crippen molar-refractivity contribution >= 4 is 33.4 Å². The zero-order chi connectivity index (χ0) is 23.5. The Morgan fingerprint density at radius 3 is 2.55 bits per heavy atom. The van der Waals surface area contributed by atoms with Gasteiger partial charge in [-0.3, -0.25) is 14.6 Å². The number of aromatic nitrogens is 1. The molecule has 0 bridgehead atoms. The molecule has 1 atom stereocenters. The number of carbonyl (C=O) groups excluding carboxylic acids is 2. The molecular formula is C26H23BrN2O4. The van der Waals surface area contributed by atoms with Gasteiger partial charge < -0.3 is 14.7 Å². The maximum absolute atomic E-state index is 13.2. The Kier molecular flexibility index (Phi) is 6.60. The number of carbonyl (C=O) groups is 2. The molecule has 0 spiro atoms. The first kappa shape index (κ1) is 22.7. The molecule has 7 heteroatoms. The number of nitrogens with zero attached hydrogens (tertiary/aromatic N) is 2. The van der Waals surface area contributed by atoms with Crippen molar-refractivity contribution in [3.63, 3.8) is 0 Å². The molecule has 1 aliphatic heterocycles. The molecule has 0 radical (unpaired) electrons. The fourth-order valence-corrected chi connectivity index (χ4v) is 4.29. The van der Waals surface area contributed by atoms with E-state index in [1.54, 1.807) is 36.7 Å². The van der Waals surface area contributed by atoms with E-state index in [1.165, 1.54) is 4.90 Å². The van der Waals surface area contributed by atoms with Crippen molar-refractivity contribution in [3.8, 4) is 5.75 Å². The largest absolute Gasteiger partial charge is 0.507 e. The van der Waals surface area contributed by atoms with Crippen LogP contribution in [0.4, 0.5) is 0 Å². The second-order valence-corrected chi connectivity index (χ2v) is 8.67. The Morgan fingerprint density at radius 2 is 1.91 bits per heavy atom. The van der Waals surface area contributed by atoms with Gasteiger partial charge in [-0.25, -0.2) is 0 Å². The number of aliphatic hydroxyl groups is 1. The standard InChI is InChI=1S/C26H23BrN2O4/c1-3-33-20-10-11-21(16(2)13-20)24(30)22-23(18-6-8-19(27)9-7-18)29(26(32)25(22)31)15-17-5-4-12-28-14-17/h4-14,23,30H,3,15H2,1-2H3. The summed E-state index contributed by atoms with van der Waals surface area (Å²) in [7, 11) is 0. The van der Waals surface area contributed by atoms with Crippen molar-refractivity contribution < 1.29 is 19.4 Å². The highest BCUT2D eigenvalue weighted by molar-refractivity contribution is 9.10. The molecule has 1 N–H and O–H groups in total. The SMILES string of the molecule is CCOc1ccc(C(O)=C2C(=O)C(=O)N(Cc3cccnc3)C2c2ccc(Br)cc2)c(C)c1. The molecule has 168 valence electrons. The van der Waals surface area contributed by atoms with Crippen LogP contribution < -0.4 is 4.74 Å². The summed E-state index contributed by atoms with van der Waals surface area (Å²) in [5.41, 5.74) is 2.81. The molecule has 0 saturated carbocycles. The van der Waals surface area contributed by atoms with Gasteiger partial charge in [0.15, 0.2) is 0 Å². The zero-order valence-corrected chi connectivity index (χ0v) is 19.9. The number of hydrogen-bond acceptors (Lipinski definition) is 5. The first-order valence-electron chi connectivity index (χ1n) is 10.6. The summed E-state index contributed by atoms with van der Waals surface area (Å²) in [6.07, 6.45) is 3.31. The van der Waals surface area contributed by atoms with E-state index in [1.807, 2.05) is 44.2 Å². The van der Waals surface area contributed by atoms with Crippen LogP contribution in [-0.2, 0) is 16.1 Å². The van der Waals surface area contributed by atoms with Crippen LogP contribution in [0.2, 0.25) is 0 Å². The van der Waals surface area contributed by atoms with E-state index in [2.05, 4.69) is 20.9 Å². The Bertz CT molecular complexity index is 1220.